The van der Waals surface area contributed by atoms with Gasteiger partial charge in [-0.25, -0.2) is 4.39 Å². The minimum absolute atomic E-state index is 0.184. The Morgan fingerprint density at radius 2 is 1.73 bits per heavy atom. The quantitative estimate of drug-likeness (QED) is 0.862. The Labute approximate surface area is 130 Å². The van der Waals surface area contributed by atoms with Crippen LogP contribution in [0.5, 0.6) is 5.75 Å². The molecule has 0 radical (unpaired) electrons. The second kappa shape index (κ2) is 6.79. The van der Waals surface area contributed by atoms with Gasteiger partial charge in [0.2, 0.25) is 0 Å². The number of anilines is 1. The minimum Gasteiger partial charge on any atom is -0.489 e. The molecule has 0 aliphatic carbocycles. The van der Waals surface area contributed by atoms with Gasteiger partial charge in [0.15, 0.2) is 0 Å². The third-order valence-electron chi connectivity index (χ3n) is 4.01. The number of ether oxygens (including phenoxy) is 1. The van der Waals surface area contributed by atoms with Crippen LogP contribution in [0.1, 0.15) is 5.56 Å². The highest BCUT2D eigenvalue weighted by molar-refractivity contribution is 5.52. The Morgan fingerprint density at radius 3 is 2.45 bits per heavy atom. The summed E-state index contributed by atoms with van der Waals surface area (Å²) in [6, 6.07) is 15.0. The van der Waals surface area contributed by atoms with Crippen molar-refractivity contribution in [2.75, 3.05) is 38.1 Å². The van der Waals surface area contributed by atoms with E-state index in [0.29, 0.717) is 18.0 Å². The highest BCUT2D eigenvalue weighted by atomic mass is 19.1. The molecular weight excluding hydrogens is 279 g/mol. The monoisotopic (exact) mass is 300 g/mol. The molecule has 0 bridgehead atoms. The van der Waals surface area contributed by atoms with Crippen LogP contribution in [0, 0.1) is 5.82 Å². The predicted molar refractivity (Wildman–Crippen MR) is 86.9 cm³/mol. The normalized spacial score (nSPS) is 15.8. The molecule has 0 N–H and O–H groups in total. The number of nitrogens with zero attached hydrogens (tertiary/aromatic N) is 2. The molecule has 1 aliphatic rings. The lowest BCUT2D eigenvalue weighted by Gasteiger charge is -2.34. The lowest BCUT2D eigenvalue weighted by Crippen LogP contribution is -2.44. The average molecular weight is 300 g/mol. The first-order valence-corrected chi connectivity index (χ1v) is 7.62. The zero-order chi connectivity index (χ0) is 15.4. The zero-order valence-corrected chi connectivity index (χ0v) is 12.8. The SMILES string of the molecule is CN1CCN(c2cc(OCc3ccccc3)ccc2F)CC1. The van der Waals surface area contributed by atoms with E-state index in [-0.39, 0.29) is 5.82 Å². The Kier molecular flexibility index (Phi) is 4.59. The number of halogens is 1. The van der Waals surface area contributed by atoms with Crippen LogP contribution in [0.15, 0.2) is 48.5 Å². The molecule has 22 heavy (non-hydrogen) atoms. The van der Waals surface area contributed by atoms with Crippen LogP contribution in [-0.2, 0) is 6.61 Å². The molecule has 0 saturated carbocycles. The molecular formula is C18H21FN2O. The summed E-state index contributed by atoms with van der Waals surface area (Å²) in [5.74, 6) is 0.524. The molecule has 2 aromatic rings. The van der Waals surface area contributed by atoms with Gasteiger partial charge in [-0.05, 0) is 24.7 Å². The van der Waals surface area contributed by atoms with Crippen molar-refractivity contribution in [3.05, 3.63) is 59.9 Å². The molecule has 0 unspecified atom stereocenters. The Balaban J connectivity index is 1.69. The second-order valence-electron chi connectivity index (χ2n) is 5.68. The van der Waals surface area contributed by atoms with Gasteiger partial charge in [-0.1, -0.05) is 30.3 Å². The topological polar surface area (TPSA) is 15.7 Å². The van der Waals surface area contributed by atoms with E-state index in [1.54, 1.807) is 6.07 Å². The van der Waals surface area contributed by atoms with Crippen LogP contribution in [0.2, 0.25) is 0 Å². The van der Waals surface area contributed by atoms with E-state index >= 15 is 0 Å². The van der Waals surface area contributed by atoms with Crippen LogP contribution in [0.3, 0.4) is 0 Å². The van der Waals surface area contributed by atoms with E-state index < -0.39 is 0 Å². The highest BCUT2D eigenvalue weighted by Crippen LogP contribution is 2.26. The number of rotatable bonds is 4. The van der Waals surface area contributed by atoms with Crippen LogP contribution in [-0.4, -0.2) is 38.1 Å². The molecule has 0 spiro atoms. The Morgan fingerprint density at radius 1 is 1.00 bits per heavy atom. The van der Waals surface area contributed by atoms with Crippen molar-refractivity contribution in [3.8, 4) is 5.75 Å². The molecule has 3 nitrogen and oxygen atoms in total. The van der Waals surface area contributed by atoms with Gasteiger partial charge < -0.3 is 14.5 Å². The molecule has 1 aliphatic heterocycles. The number of benzene rings is 2. The van der Waals surface area contributed by atoms with E-state index in [2.05, 4.69) is 16.8 Å². The fourth-order valence-electron chi connectivity index (χ4n) is 2.61. The lowest BCUT2D eigenvalue weighted by atomic mass is 10.2. The fraction of sp³-hybridized carbons (Fsp3) is 0.333. The molecule has 4 heteroatoms. The number of piperazine rings is 1. The first-order valence-electron chi connectivity index (χ1n) is 7.62. The van der Waals surface area contributed by atoms with Gasteiger partial charge in [-0.3, -0.25) is 0 Å². The summed E-state index contributed by atoms with van der Waals surface area (Å²) in [5, 5.41) is 0. The summed E-state index contributed by atoms with van der Waals surface area (Å²) in [6.45, 7) is 4.09. The average Bonchev–Trinajstić information content (AvgIpc) is 2.56. The number of likely N-dealkylation sites (N-methyl/N-ethyl adjacent to an activating group) is 1. The fourth-order valence-corrected chi connectivity index (χ4v) is 2.61. The first kappa shape index (κ1) is 14.9. The van der Waals surface area contributed by atoms with E-state index in [1.807, 2.05) is 36.4 Å². The van der Waals surface area contributed by atoms with Crippen molar-refractivity contribution in [2.24, 2.45) is 0 Å². The predicted octanol–water partition coefficient (Wildman–Crippen LogP) is 3.16. The van der Waals surface area contributed by atoms with Gasteiger partial charge in [-0.15, -0.1) is 0 Å². The zero-order valence-electron chi connectivity index (χ0n) is 12.8. The van der Waals surface area contributed by atoms with Crippen molar-refractivity contribution in [1.29, 1.82) is 0 Å². The molecule has 2 aromatic carbocycles. The van der Waals surface area contributed by atoms with Gasteiger partial charge in [0.25, 0.3) is 0 Å². The van der Waals surface area contributed by atoms with E-state index in [0.717, 1.165) is 31.7 Å². The number of hydrogen-bond acceptors (Lipinski definition) is 3. The molecule has 1 saturated heterocycles. The third-order valence-corrected chi connectivity index (χ3v) is 4.01. The number of hydrogen-bond donors (Lipinski definition) is 0. The molecule has 0 atom stereocenters. The Bertz CT molecular complexity index is 610. The summed E-state index contributed by atoms with van der Waals surface area (Å²) in [5.41, 5.74) is 1.74. The van der Waals surface area contributed by atoms with Crippen molar-refractivity contribution in [1.82, 2.24) is 4.90 Å². The largest absolute Gasteiger partial charge is 0.489 e. The van der Waals surface area contributed by atoms with Gasteiger partial charge in [0.05, 0.1) is 5.69 Å². The van der Waals surface area contributed by atoms with Crippen LogP contribution in [0.25, 0.3) is 0 Å². The van der Waals surface area contributed by atoms with Gasteiger partial charge in [-0.2, -0.15) is 0 Å². The molecule has 3 rings (SSSR count). The lowest BCUT2D eigenvalue weighted by molar-refractivity contribution is 0.303. The maximum atomic E-state index is 14.1. The van der Waals surface area contributed by atoms with E-state index in [9.17, 15) is 4.39 Å². The maximum Gasteiger partial charge on any atom is 0.146 e. The minimum atomic E-state index is -0.184. The van der Waals surface area contributed by atoms with Gasteiger partial charge in [0.1, 0.15) is 18.2 Å². The second-order valence-corrected chi connectivity index (χ2v) is 5.68. The Hall–Kier alpha value is -2.07. The van der Waals surface area contributed by atoms with Crippen LogP contribution in [0.4, 0.5) is 10.1 Å². The smallest absolute Gasteiger partial charge is 0.146 e. The van der Waals surface area contributed by atoms with E-state index in [1.165, 1.54) is 6.07 Å². The summed E-state index contributed by atoms with van der Waals surface area (Å²) < 4.78 is 19.9. The summed E-state index contributed by atoms with van der Waals surface area (Å²) in [7, 11) is 2.09. The summed E-state index contributed by atoms with van der Waals surface area (Å²) >= 11 is 0. The summed E-state index contributed by atoms with van der Waals surface area (Å²) in [6.07, 6.45) is 0. The van der Waals surface area contributed by atoms with E-state index in [4.69, 9.17) is 4.74 Å². The van der Waals surface area contributed by atoms with Crippen LogP contribution >= 0.6 is 0 Å². The molecule has 0 amide bonds. The first-order chi connectivity index (χ1) is 10.7. The molecule has 1 fully saturated rings. The molecule has 0 aromatic heterocycles. The van der Waals surface area contributed by atoms with Gasteiger partial charge in [0, 0.05) is 32.2 Å². The molecule has 116 valence electrons. The van der Waals surface area contributed by atoms with Crippen molar-refractivity contribution in [2.45, 2.75) is 6.61 Å². The highest BCUT2D eigenvalue weighted by Gasteiger charge is 2.17. The standard InChI is InChI=1S/C18H21FN2O/c1-20-9-11-21(12-10-20)18-13-16(7-8-17(18)19)22-14-15-5-3-2-4-6-15/h2-8,13H,9-12,14H2,1H3. The van der Waals surface area contributed by atoms with Crippen molar-refractivity contribution in [3.63, 3.8) is 0 Å². The van der Waals surface area contributed by atoms with Crippen molar-refractivity contribution >= 4 is 5.69 Å². The van der Waals surface area contributed by atoms with Crippen LogP contribution < -0.4 is 9.64 Å². The molecule has 1 heterocycles. The maximum absolute atomic E-state index is 14.1. The van der Waals surface area contributed by atoms with Gasteiger partial charge >= 0.3 is 0 Å². The third kappa shape index (κ3) is 3.57. The summed E-state index contributed by atoms with van der Waals surface area (Å²) in [4.78, 5) is 4.34. The van der Waals surface area contributed by atoms with Crippen molar-refractivity contribution < 1.29 is 9.13 Å².